The van der Waals surface area contributed by atoms with E-state index < -0.39 is 0 Å². The van der Waals surface area contributed by atoms with E-state index in [1.54, 1.807) is 6.20 Å². The molecule has 0 saturated carbocycles. The fourth-order valence-electron chi connectivity index (χ4n) is 3.61. The van der Waals surface area contributed by atoms with Crippen molar-refractivity contribution in [3.8, 4) is 0 Å². The third kappa shape index (κ3) is 3.72. The molecule has 7 heteroatoms. The van der Waals surface area contributed by atoms with Crippen LogP contribution in [0.25, 0.3) is 5.57 Å². The van der Waals surface area contributed by atoms with Gasteiger partial charge in [0.2, 0.25) is 5.91 Å². The van der Waals surface area contributed by atoms with Crippen LogP contribution in [0.15, 0.2) is 24.9 Å². The quantitative estimate of drug-likeness (QED) is 0.815. The molecule has 0 radical (unpaired) electrons. The van der Waals surface area contributed by atoms with Gasteiger partial charge in [-0.05, 0) is 33.8 Å². The molecule has 1 saturated heterocycles. The first kappa shape index (κ1) is 19.1. The number of carbonyl (C=O) groups is 2. The molecule has 2 atom stereocenters. The lowest BCUT2D eigenvalue weighted by Crippen LogP contribution is -2.58. The highest BCUT2D eigenvalue weighted by atomic mass is 16.2. The van der Waals surface area contributed by atoms with Gasteiger partial charge in [0.25, 0.3) is 5.91 Å². The predicted molar refractivity (Wildman–Crippen MR) is 105 cm³/mol. The molecule has 7 nitrogen and oxygen atoms in total. The molecule has 27 heavy (non-hydrogen) atoms. The molecule has 1 fully saturated rings. The minimum absolute atomic E-state index is 0.0426. The lowest BCUT2D eigenvalue weighted by atomic mass is 10.1. The summed E-state index contributed by atoms with van der Waals surface area (Å²) in [6.07, 6.45) is 5.64. The summed E-state index contributed by atoms with van der Waals surface area (Å²) < 4.78 is 0. The maximum absolute atomic E-state index is 12.5. The maximum Gasteiger partial charge on any atom is 0.253 e. The minimum Gasteiger partial charge on any atom is -0.350 e. The largest absolute Gasteiger partial charge is 0.350 e. The lowest BCUT2D eigenvalue weighted by Gasteiger charge is -2.44. The monoisotopic (exact) mass is 369 g/mol. The number of allylic oxidation sites excluding steroid dienone is 1. The Morgan fingerprint density at radius 1 is 1.30 bits per heavy atom. The van der Waals surface area contributed by atoms with E-state index >= 15 is 0 Å². The van der Waals surface area contributed by atoms with Crippen molar-refractivity contribution in [1.82, 2.24) is 20.2 Å². The van der Waals surface area contributed by atoms with E-state index in [1.165, 1.54) is 6.08 Å². The first-order valence-corrected chi connectivity index (χ1v) is 9.38. The van der Waals surface area contributed by atoms with Gasteiger partial charge in [-0.3, -0.25) is 14.6 Å². The molecule has 0 aromatic carbocycles. The van der Waals surface area contributed by atoms with Crippen LogP contribution in [-0.4, -0.2) is 57.9 Å². The van der Waals surface area contributed by atoms with Gasteiger partial charge in [-0.15, -0.1) is 0 Å². The number of piperazine rings is 1. The molecule has 0 bridgehead atoms. The maximum atomic E-state index is 12.5. The summed E-state index contributed by atoms with van der Waals surface area (Å²) in [4.78, 5) is 37.8. The van der Waals surface area contributed by atoms with Crippen molar-refractivity contribution in [2.24, 2.45) is 0 Å². The summed E-state index contributed by atoms with van der Waals surface area (Å²) in [6, 6.07) is 0.201. The first-order chi connectivity index (χ1) is 12.8. The van der Waals surface area contributed by atoms with E-state index in [0.717, 1.165) is 11.5 Å². The fourth-order valence-corrected chi connectivity index (χ4v) is 3.61. The van der Waals surface area contributed by atoms with Crippen LogP contribution in [-0.2, 0) is 16.0 Å². The Morgan fingerprint density at radius 2 is 2.04 bits per heavy atom. The number of hydrogen-bond acceptors (Lipinski definition) is 5. The molecular formula is C20H27N5O2. The van der Waals surface area contributed by atoms with E-state index in [-0.39, 0.29) is 29.9 Å². The average Bonchev–Trinajstić information content (AvgIpc) is 3.05. The molecule has 2 heterocycles. The number of rotatable bonds is 4. The Labute approximate surface area is 160 Å². The fraction of sp³-hybridized carbons (Fsp3) is 0.500. The molecule has 2 amide bonds. The van der Waals surface area contributed by atoms with Crippen molar-refractivity contribution < 1.29 is 9.59 Å². The second-order valence-electron chi connectivity index (χ2n) is 7.52. The van der Waals surface area contributed by atoms with Crippen molar-refractivity contribution in [3.05, 3.63) is 36.3 Å². The number of fused-ring (bicyclic) bond motifs is 1. The van der Waals surface area contributed by atoms with Crippen LogP contribution >= 0.6 is 0 Å². The highest BCUT2D eigenvalue weighted by Crippen LogP contribution is 2.28. The van der Waals surface area contributed by atoms with Crippen molar-refractivity contribution in [2.75, 3.05) is 18.0 Å². The van der Waals surface area contributed by atoms with Crippen molar-refractivity contribution in [1.29, 1.82) is 0 Å². The van der Waals surface area contributed by atoms with Gasteiger partial charge in [0.05, 0.1) is 23.2 Å². The topological polar surface area (TPSA) is 78.4 Å². The van der Waals surface area contributed by atoms with Gasteiger partial charge in [-0.25, -0.2) is 4.98 Å². The van der Waals surface area contributed by atoms with Gasteiger partial charge in [0, 0.05) is 37.6 Å². The van der Waals surface area contributed by atoms with E-state index in [1.807, 2.05) is 31.7 Å². The second-order valence-corrected chi connectivity index (χ2v) is 7.52. The third-order valence-electron chi connectivity index (χ3n) is 4.99. The number of carbonyl (C=O) groups excluding carboxylic acids is 2. The van der Waals surface area contributed by atoms with Crippen LogP contribution in [0.5, 0.6) is 0 Å². The smallest absolute Gasteiger partial charge is 0.253 e. The van der Waals surface area contributed by atoms with Crippen molar-refractivity contribution in [3.63, 3.8) is 0 Å². The molecule has 1 aromatic heterocycles. The molecule has 3 rings (SSSR count). The van der Waals surface area contributed by atoms with Crippen LogP contribution in [0.4, 0.5) is 5.82 Å². The summed E-state index contributed by atoms with van der Waals surface area (Å²) in [5.41, 5.74) is 2.08. The van der Waals surface area contributed by atoms with Gasteiger partial charge in [-0.1, -0.05) is 12.7 Å². The number of hydrogen-bond donors (Lipinski definition) is 1. The standard InChI is InChI=1S/C20H27N5O2/c1-6-18(26)25-11-13(4)24(10-14(25)5)17-9-21-16-8-7-15(19(16)23-17)20(27)22-12(2)3/h6-7,9,12-14H,1,8,10-11H2,2-5H3,(H,22,27)/t13-,14+/m0/s1. The Morgan fingerprint density at radius 3 is 2.70 bits per heavy atom. The SMILES string of the molecule is C=CC(=O)N1C[C@H](C)N(c2cnc3c(n2)C(C(=O)NC(C)C)=CC3)C[C@H]1C. The van der Waals surface area contributed by atoms with Gasteiger partial charge in [-0.2, -0.15) is 0 Å². The molecule has 1 N–H and O–H groups in total. The van der Waals surface area contributed by atoms with Crippen molar-refractivity contribution >= 4 is 23.2 Å². The van der Waals surface area contributed by atoms with Crippen molar-refractivity contribution in [2.45, 2.75) is 52.2 Å². The Bertz CT molecular complexity index is 802. The molecular weight excluding hydrogens is 342 g/mol. The van der Waals surface area contributed by atoms with Gasteiger partial charge >= 0.3 is 0 Å². The van der Waals surface area contributed by atoms with E-state index in [9.17, 15) is 9.59 Å². The molecule has 2 aliphatic rings. The molecule has 0 unspecified atom stereocenters. The average molecular weight is 369 g/mol. The van der Waals surface area contributed by atoms with Gasteiger partial charge < -0.3 is 15.1 Å². The minimum atomic E-state index is -0.113. The molecule has 144 valence electrons. The zero-order valence-electron chi connectivity index (χ0n) is 16.4. The Balaban J connectivity index is 1.83. The molecule has 1 aliphatic heterocycles. The lowest BCUT2D eigenvalue weighted by molar-refractivity contribution is -0.128. The van der Waals surface area contributed by atoms with Gasteiger partial charge in [0.1, 0.15) is 5.82 Å². The molecule has 1 aromatic rings. The zero-order valence-corrected chi connectivity index (χ0v) is 16.4. The van der Waals surface area contributed by atoms with Crippen LogP contribution in [0.3, 0.4) is 0 Å². The molecule has 0 spiro atoms. The number of amides is 2. The summed E-state index contributed by atoms with van der Waals surface area (Å²) >= 11 is 0. The summed E-state index contributed by atoms with van der Waals surface area (Å²) in [6.45, 7) is 12.8. The first-order valence-electron chi connectivity index (χ1n) is 9.38. The summed E-state index contributed by atoms with van der Waals surface area (Å²) in [5, 5.41) is 2.92. The molecule has 1 aliphatic carbocycles. The summed E-state index contributed by atoms with van der Waals surface area (Å²) in [7, 11) is 0. The third-order valence-corrected chi connectivity index (χ3v) is 4.99. The van der Waals surface area contributed by atoms with E-state index in [2.05, 4.69) is 28.7 Å². The highest BCUT2D eigenvalue weighted by Gasteiger charge is 2.33. The summed E-state index contributed by atoms with van der Waals surface area (Å²) in [5.74, 6) is 0.576. The highest BCUT2D eigenvalue weighted by molar-refractivity contribution is 6.20. The van der Waals surface area contributed by atoms with E-state index in [4.69, 9.17) is 4.98 Å². The van der Waals surface area contributed by atoms with Crippen LogP contribution in [0.2, 0.25) is 0 Å². The zero-order chi connectivity index (χ0) is 19.7. The Kier molecular flexibility index (Phi) is 5.30. The van der Waals surface area contributed by atoms with Crippen LogP contribution < -0.4 is 10.2 Å². The van der Waals surface area contributed by atoms with E-state index in [0.29, 0.717) is 30.8 Å². The number of nitrogens with one attached hydrogen (secondary N) is 1. The van der Waals surface area contributed by atoms with Crippen LogP contribution in [0, 0.1) is 0 Å². The number of aromatic nitrogens is 2. The van der Waals surface area contributed by atoms with Gasteiger partial charge in [0.15, 0.2) is 0 Å². The number of nitrogens with zero attached hydrogens (tertiary/aromatic N) is 4. The predicted octanol–water partition coefficient (Wildman–Crippen LogP) is 1.55. The Hall–Kier alpha value is -2.70. The number of anilines is 1. The normalized spacial score (nSPS) is 21.7. The second kappa shape index (κ2) is 7.50. The van der Waals surface area contributed by atoms with Crippen LogP contribution in [0.1, 0.15) is 39.1 Å².